The number of non-ortho nitro benzene ring substituents is 1. The van der Waals surface area contributed by atoms with E-state index in [-0.39, 0.29) is 18.0 Å². The zero-order valence-corrected chi connectivity index (χ0v) is 16.0. The first-order valence-electron chi connectivity index (χ1n) is 9.77. The number of fused-ring (bicyclic) bond motifs is 1. The van der Waals surface area contributed by atoms with E-state index in [2.05, 4.69) is 21.3 Å². The number of aromatic nitrogens is 1. The lowest BCUT2D eigenvalue weighted by molar-refractivity contribution is -0.384. The molecule has 148 valence electrons. The van der Waals surface area contributed by atoms with Crippen LogP contribution in [-0.4, -0.2) is 28.9 Å². The Morgan fingerprint density at radius 3 is 2.52 bits per heavy atom. The Hall–Kier alpha value is -3.48. The standard InChI is InChI=1S/C22H22N4O3/c27-22(14-16-4-6-17(7-5-16)26(28)29)24-20-8-9-21(25-12-2-1-3-13-25)18-10-11-23-15-19(18)20/h4-11,15H,1-3,12-14H2,(H,24,27). The van der Waals surface area contributed by atoms with Crippen molar-refractivity contribution in [3.63, 3.8) is 0 Å². The summed E-state index contributed by atoms with van der Waals surface area (Å²) in [6.07, 6.45) is 7.36. The summed E-state index contributed by atoms with van der Waals surface area (Å²) in [5.41, 5.74) is 2.64. The van der Waals surface area contributed by atoms with Gasteiger partial charge in [0.15, 0.2) is 0 Å². The van der Waals surface area contributed by atoms with Crippen molar-refractivity contribution in [3.8, 4) is 0 Å². The highest BCUT2D eigenvalue weighted by Crippen LogP contribution is 2.33. The first-order valence-corrected chi connectivity index (χ1v) is 9.77. The van der Waals surface area contributed by atoms with Crippen LogP contribution in [0.2, 0.25) is 0 Å². The highest BCUT2D eigenvalue weighted by Gasteiger charge is 2.16. The van der Waals surface area contributed by atoms with Gasteiger partial charge in [0.25, 0.3) is 5.69 Å². The fraction of sp³-hybridized carbons (Fsp3) is 0.273. The van der Waals surface area contributed by atoms with Crippen molar-refractivity contribution >= 4 is 33.7 Å². The fourth-order valence-corrected chi connectivity index (χ4v) is 3.81. The van der Waals surface area contributed by atoms with Crippen LogP contribution < -0.4 is 10.2 Å². The molecule has 0 aliphatic carbocycles. The summed E-state index contributed by atoms with van der Waals surface area (Å²) < 4.78 is 0. The van der Waals surface area contributed by atoms with Gasteiger partial charge in [-0.3, -0.25) is 19.9 Å². The van der Waals surface area contributed by atoms with Crippen LogP contribution in [0.25, 0.3) is 10.8 Å². The molecule has 1 aliphatic heterocycles. The first kappa shape index (κ1) is 18.9. The van der Waals surface area contributed by atoms with Gasteiger partial charge in [0.1, 0.15) is 0 Å². The molecule has 1 fully saturated rings. The highest BCUT2D eigenvalue weighted by molar-refractivity contribution is 6.06. The maximum absolute atomic E-state index is 12.6. The molecule has 1 saturated heterocycles. The molecule has 29 heavy (non-hydrogen) atoms. The van der Waals surface area contributed by atoms with Gasteiger partial charge in [-0.05, 0) is 43.0 Å². The molecule has 2 aromatic carbocycles. The lowest BCUT2D eigenvalue weighted by Gasteiger charge is -2.30. The van der Waals surface area contributed by atoms with Crippen LogP contribution in [0.1, 0.15) is 24.8 Å². The number of nitrogens with zero attached hydrogens (tertiary/aromatic N) is 3. The Balaban J connectivity index is 1.54. The molecular weight excluding hydrogens is 368 g/mol. The number of rotatable bonds is 5. The van der Waals surface area contributed by atoms with Crippen LogP contribution in [0.15, 0.2) is 54.9 Å². The van der Waals surface area contributed by atoms with Crippen molar-refractivity contribution in [1.29, 1.82) is 0 Å². The predicted molar refractivity (Wildman–Crippen MR) is 113 cm³/mol. The summed E-state index contributed by atoms with van der Waals surface area (Å²) in [5, 5.41) is 15.7. The van der Waals surface area contributed by atoms with E-state index in [9.17, 15) is 14.9 Å². The number of nitro benzene ring substituents is 1. The molecule has 1 aromatic heterocycles. The monoisotopic (exact) mass is 390 g/mol. The van der Waals surface area contributed by atoms with Crippen LogP contribution in [-0.2, 0) is 11.2 Å². The second-order valence-electron chi connectivity index (χ2n) is 7.25. The van der Waals surface area contributed by atoms with Crippen molar-refractivity contribution in [2.75, 3.05) is 23.3 Å². The lowest BCUT2D eigenvalue weighted by Crippen LogP contribution is -2.29. The van der Waals surface area contributed by atoms with Gasteiger partial charge in [0.05, 0.1) is 17.0 Å². The van der Waals surface area contributed by atoms with Crippen molar-refractivity contribution in [3.05, 3.63) is 70.5 Å². The Morgan fingerprint density at radius 1 is 1.03 bits per heavy atom. The van der Waals surface area contributed by atoms with E-state index in [1.807, 2.05) is 12.1 Å². The first-order chi connectivity index (χ1) is 14.1. The van der Waals surface area contributed by atoms with Crippen molar-refractivity contribution in [1.82, 2.24) is 4.98 Å². The second kappa shape index (κ2) is 8.26. The molecule has 0 unspecified atom stereocenters. The van der Waals surface area contributed by atoms with Crippen molar-refractivity contribution in [2.45, 2.75) is 25.7 Å². The summed E-state index contributed by atoms with van der Waals surface area (Å²) in [6, 6.07) is 12.0. The lowest BCUT2D eigenvalue weighted by atomic mass is 10.0. The minimum Gasteiger partial charge on any atom is -0.371 e. The Labute approximate surface area is 168 Å². The number of nitro groups is 1. The Bertz CT molecular complexity index is 1040. The third-order valence-corrected chi connectivity index (χ3v) is 5.28. The molecule has 4 rings (SSSR count). The van der Waals surface area contributed by atoms with E-state index >= 15 is 0 Å². The maximum atomic E-state index is 12.6. The summed E-state index contributed by atoms with van der Waals surface area (Å²) in [5.74, 6) is -0.172. The van der Waals surface area contributed by atoms with Gasteiger partial charge in [0.2, 0.25) is 5.91 Å². The van der Waals surface area contributed by atoms with Crippen LogP contribution >= 0.6 is 0 Å². The van der Waals surface area contributed by atoms with E-state index in [0.29, 0.717) is 0 Å². The molecule has 1 amide bonds. The zero-order valence-electron chi connectivity index (χ0n) is 16.0. The minimum absolute atomic E-state index is 0.0135. The smallest absolute Gasteiger partial charge is 0.269 e. The van der Waals surface area contributed by atoms with Crippen molar-refractivity contribution in [2.24, 2.45) is 0 Å². The molecule has 0 radical (unpaired) electrons. The molecule has 3 aromatic rings. The third kappa shape index (κ3) is 4.18. The number of benzene rings is 2. The van der Waals surface area contributed by atoms with E-state index in [1.165, 1.54) is 37.1 Å². The SMILES string of the molecule is O=C(Cc1ccc([N+](=O)[O-])cc1)Nc1ccc(N2CCCCC2)c2ccncc12. The molecule has 0 saturated carbocycles. The second-order valence-corrected chi connectivity index (χ2v) is 7.25. The van der Waals surface area contributed by atoms with Gasteiger partial charge in [-0.2, -0.15) is 0 Å². The molecule has 7 nitrogen and oxygen atoms in total. The largest absolute Gasteiger partial charge is 0.371 e. The van der Waals surface area contributed by atoms with Crippen LogP contribution in [0.3, 0.4) is 0 Å². The molecule has 0 spiro atoms. The van der Waals surface area contributed by atoms with Crippen LogP contribution in [0.5, 0.6) is 0 Å². The molecular formula is C22H22N4O3. The highest BCUT2D eigenvalue weighted by atomic mass is 16.6. The molecule has 1 N–H and O–H groups in total. The minimum atomic E-state index is -0.452. The van der Waals surface area contributed by atoms with E-state index in [1.54, 1.807) is 24.5 Å². The quantitative estimate of drug-likeness (QED) is 0.518. The number of carbonyl (C=O) groups is 1. The summed E-state index contributed by atoms with van der Waals surface area (Å²) in [6.45, 7) is 2.09. The Kier molecular flexibility index (Phi) is 5.37. The number of nitrogens with one attached hydrogen (secondary N) is 1. The van der Waals surface area contributed by atoms with Crippen LogP contribution in [0.4, 0.5) is 17.1 Å². The summed E-state index contributed by atoms with van der Waals surface area (Å²) in [4.78, 5) is 29.5. The Morgan fingerprint density at radius 2 is 1.79 bits per heavy atom. The van der Waals surface area contributed by atoms with E-state index in [4.69, 9.17) is 0 Å². The number of hydrogen-bond donors (Lipinski definition) is 1. The van der Waals surface area contributed by atoms with Gasteiger partial charge >= 0.3 is 0 Å². The molecule has 0 bridgehead atoms. The zero-order chi connectivity index (χ0) is 20.2. The van der Waals surface area contributed by atoms with Gasteiger partial charge in [-0.1, -0.05) is 12.1 Å². The van der Waals surface area contributed by atoms with Gasteiger partial charge < -0.3 is 10.2 Å². The predicted octanol–water partition coefficient (Wildman–Crippen LogP) is 4.31. The van der Waals surface area contributed by atoms with E-state index in [0.717, 1.165) is 35.1 Å². The number of anilines is 2. The third-order valence-electron chi connectivity index (χ3n) is 5.28. The molecule has 2 heterocycles. The average molecular weight is 390 g/mol. The number of hydrogen-bond acceptors (Lipinski definition) is 5. The van der Waals surface area contributed by atoms with Gasteiger partial charge in [0, 0.05) is 54.1 Å². The van der Waals surface area contributed by atoms with E-state index < -0.39 is 4.92 Å². The fourth-order valence-electron chi connectivity index (χ4n) is 3.81. The van der Waals surface area contributed by atoms with Gasteiger partial charge in [-0.15, -0.1) is 0 Å². The molecule has 0 atom stereocenters. The average Bonchev–Trinajstić information content (AvgIpc) is 2.75. The summed E-state index contributed by atoms with van der Waals surface area (Å²) in [7, 11) is 0. The van der Waals surface area contributed by atoms with Crippen molar-refractivity contribution < 1.29 is 9.72 Å². The number of pyridine rings is 1. The normalized spacial score (nSPS) is 14.0. The molecule has 1 aliphatic rings. The van der Waals surface area contributed by atoms with Gasteiger partial charge in [-0.25, -0.2) is 0 Å². The maximum Gasteiger partial charge on any atom is 0.269 e. The number of amides is 1. The van der Waals surface area contributed by atoms with Crippen LogP contribution in [0, 0.1) is 10.1 Å². The number of piperidine rings is 1. The molecule has 7 heteroatoms. The summed E-state index contributed by atoms with van der Waals surface area (Å²) >= 11 is 0. The number of carbonyl (C=O) groups excluding carboxylic acids is 1. The topological polar surface area (TPSA) is 88.4 Å².